The van der Waals surface area contributed by atoms with Gasteiger partial charge in [0.05, 0.1) is 17.1 Å². The summed E-state index contributed by atoms with van der Waals surface area (Å²) in [6.07, 6.45) is 0. The molecule has 1 aliphatic heterocycles. The first kappa shape index (κ1) is 24.7. The fourth-order valence-corrected chi connectivity index (χ4v) is 3.37. The Balaban J connectivity index is 1.40. The van der Waals surface area contributed by atoms with E-state index in [1.807, 2.05) is 0 Å². The van der Waals surface area contributed by atoms with Crippen LogP contribution in [-0.4, -0.2) is 22.8 Å². The summed E-state index contributed by atoms with van der Waals surface area (Å²) >= 11 is 0. The third kappa shape index (κ3) is 5.98. The number of amides is 3. The zero-order valence-electron chi connectivity index (χ0n) is 19.7. The van der Waals surface area contributed by atoms with E-state index in [4.69, 9.17) is 5.73 Å². The monoisotopic (exact) mass is 497 g/mol. The molecule has 0 spiro atoms. The fraction of sp³-hybridized carbons (Fsp3) is 0.0385. The molecule has 3 amide bonds. The van der Waals surface area contributed by atoms with E-state index in [9.17, 15) is 19.5 Å². The lowest BCUT2D eigenvalue weighted by molar-refractivity contribution is -0.113. The van der Waals surface area contributed by atoms with Crippen molar-refractivity contribution in [2.24, 2.45) is 16.0 Å². The van der Waals surface area contributed by atoms with Crippen LogP contribution >= 0.6 is 0 Å². The lowest BCUT2D eigenvalue weighted by atomic mass is 10.1. The van der Waals surface area contributed by atoms with Crippen LogP contribution in [0.5, 0.6) is 0 Å². The number of allylic oxidation sites excluding steroid dienone is 1. The molecule has 0 aromatic heterocycles. The van der Waals surface area contributed by atoms with E-state index in [0.29, 0.717) is 34.0 Å². The van der Waals surface area contributed by atoms with Crippen LogP contribution in [0.3, 0.4) is 0 Å². The molecular formula is C26H23N7O4. The number of aliphatic hydroxyl groups is 1. The minimum atomic E-state index is -0.646. The zero-order valence-corrected chi connectivity index (χ0v) is 19.7. The maximum atomic E-state index is 12.7. The highest BCUT2D eigenvalue weighted by atomic mass is 16.3. The highest BCUT2D eigenvalue weighted by Gasteiger charge is 2.17. The summed E-state index contributed by atoms with van der Waals surface area (Å²) in [5.41, 5.74) is 8.56. The van der Waals surface area contributed by atoms with Crippen LogP contribution in [0.4, 0.5) is 28.4 Å². The predicted octanol–water partition coefficient (Wildman–Crippen LogP) is 4.86. The first-order valence-corrected chi connectivity index (χ1v) is 11.0. The number of fused-ring (bicyclic) bond motifs is 1. The van der Waals surface area contributed by atoms with Crippen LogP contribution in [0.2, 0.25) is 0 Å². The average molecular weight is 498 g/mol. The molecule has 1 heterocycles. The summed E-state index contributed by atoms with van der Waals surface area (Å²) in [5.74, 6) is -1.26. The quantitative estimate of drug-likeness (QED) is 0.155. The minimum Gasteiger partial charge on any atom is -0.510 e. The topological polar surface area (TPSA) is 170 Å². The van der Waals surface area contributed by atoms with Gasteiger partial charge in [-0.05, 0) is 73.7 Å². The van der Waals surface area contributed by atoms with Crippen LogP contribution in [0.1, 0.15) is 27.6 Å². The molecule has 11 nitrogen and oxygen atoms in total. The minimum absolute atomic E-state index is 0.266. The van der Waals surface area contributed by atoms with Crippen LogP contribution in [0.15, 0.2) is 101 Å². The number of anilines is 4. The molecule has 0 radical (unpaired) electrons. The molecule has 3 aromatic carbocycles. The number of nitrogens with zero attached hydrogens (tertiary/aromatic N) is 2. The van der Waals surface area contributed by atoms with Crippen LogP contribution in [-0.2, 0) is 4.79 Å². The molecule has 3 aromatic rings. The summed E-state index contributed by atoms with van der Waals surface area (Å²) in [5, 5.41) is 29.4. The van der Waals surface area contributed by atoms with Gasteiger partial charge in [-0.25, -0.2) is 0 Å². The second-order valence-corrected chi connectivity index (χ2v) is 8.02. The molecule has 0 saturated heterocycles. The summed E-state index contributed by atoms with van der Waals surface area (Å²) < 4.78 is 0. The number of aliphatic hydroxyl groups excluding tert-OH is 1. The summed E-state index contributed by atoms with van der Waals surface area (Å²) in [6.45, 7) is 5.12. The predicted molar refractivity (Wildman–Crippen MR) is 141 cm³/mol. The molecule has 186 valence electrons. The van der Waals surface area contributed by atoms with Gasteiger partial charge in [-0.2, -0.15) is 5.11 Å². The Morgan fingerprint density at radius 1 is 0.865 bits per heavy atom. The van der Waals surface area contributed by atoms with Crippen LogP contribution in [0, 0.1) is 0 Å². The van der Waals surface area contributed by atoms with Gasteiger partial charge in [-0.1, -0.05) is 6.58 Å². The molecule has 11 heteroatoms. The van der Waals surface area contributed by atoms with E-state index in [1.165, 1.54) is 31.2 Å². The largest absolute Gasteiger partial charge is 0.510 e. The highest BCUT2D eigenvalue weighted by molar-refractivity contribution is 6.05. The molecule has 0 saturated carbocycles. The molecule has 1 aliphatic rings. The maximum Gasteiger partial charge on any atom is 0.279 e. The van der Waals surface area contributed by atoms with Crippen LogP contribution < -0.4 is 27.0 Å². The molecule has 0 bridgehead atoms. The van der Waals surface area contributed by atoms with Crippen molar-refractivity contribution in [2.45, 2.75) is 6.92 Å². The van der Waals surface area contributed by atoms with Gasteiger partial charge in [-0.3, -0.25) is 14.4 Å². The number of primary amides is 1. The Bertz CT molecular complexity index is 1460. The fourth-order valence-electron chi connectivity index (χ4n) is 3.37. The van der Waals surface area contributed by atoms with Gasteiger partial charge in [0.1, 0.15) is 11.6 Å². The number of carbonyl (C=O) groups is 3. The Morgan fingerprint density at radius 3 is 2.14 bits per heavy atom. The molecule has 7 N–H and O–H groups in total. The van der Waals surface area contributed by atoms with Gasteiger partial charge in [0.15, 0.2) is 5.70 Å². The average Bonchev–Trinajstić information content (AvgIpc) is 3.24. The van der Waals surface area contributed by atoms with E-state index < -0.39 is 11.8 Å². The molecule has 0 unspecified atom stereocenters. The van der Waals surface area contributed by atoms with Gasteiger partial charge >= 0.3 is 0 Å². The second kappa shape index (κ2) is 10.4. The van der Waals surface area contributed by atoms with E-state index in [-0.39, 0.29) is 17.4 Å². The van der Waals surface area contributed by atoms with Crippen molar-refractivity contribution in [3.63, 3.8) is 0 Å². The Hall–Kier alpha value is -5.45. The molecule has 37 heavy (non-hydrogen) atoms. The smallest absolute Gasteiger partial charge is 0.279 e. The Morgan fingerprint density at radius 2 is 1.49 bits per heavy atom. The van der Waals surface area contributed by atoms with E-state index in [2.05, 4.69) is 38.1 Å². The van der Waals surface area contributed by atoms with Crippen molar-refractivity contribution < 1.29 is 19.5 Å². The standard InChI is InChI=1S/C26H23N7O4/c1-14(34)23(26(37)31-20-11-12-21-22(13-20)29-15(2)28-21)33-32-19-9-5-17(6-10-19)25(36)30-18-7-3-16(4-8-18)24(27)35/h3-13,28-29,34H,2H2,1H3,(H2,27,35)(H,30,36)(H,31,37)/b23-14-,33-32?. The molecule has 0 aliphatic carbocycles. The SMILES string of the molecule is C=C1Nc2ccc(NC(=O)/C(N=Nc3ccc(C(=O)Nc4ccc(C(N)=O)cc4)cc3)=C(\C)O)cc2N1. The van der Waals surface area contributed by atoms with Crippen molar-refractivity contribution in [3.05, 3.63) is 102 Å². The number of rotatable bonds is 7. The van der Waals surface area contributed by atoms with Crippen molar-refractivity contribution in [1.82, 2.24) is 0 Å². The number of benzene rings is 3. The summed E-state index contributed by atoms with van der Waals surface area (Å²) in [6, 6.07) is 17.5. The highest BCUT2D eigenvalue weighted by Crippen LogP contribution is 2.32. The number of hydrogen-bond donors (Lipinski definition) is 6. The van der Waals surface area contributed by atoms with Crippen molar-refractivity contribution in [1.29, 1.82) is 0 Å². The normalized spacial score (nSPS) is 12.7. The first-order valence-electron chi connectivity index (χ1n) is 11.0. The summed E-state index contributed by atoms with van der Waals surface area (Å²) in [4.78, 5) is 36.3. The third-order valence-electron chi connectivity index (χ3n) is 5.23. The lowest BCUT2D eigenvalue weighted by Gasteiger charge is -2.08. The second-order valence-electron chi connectivity index (χ2n) is 8.02. The van der Waals surface area contributed by atoms with Crippen molar-refractivity contribution >= 4 is 46.2 Å². The van der Waals surface area contributed by atoms with Crippen molar-refractivity contribution in [2.75, 3.05) is 21.3 Å². The molecule has 4 rings (SSSR count). The first-order chi connectivity index (χ1) is 17.7. The molecule has 0 fully saturated rings. The van der Waals surface area contributed by atoms with E-state index >= 15 is 0 Å². The van der Waals surface area contributed by atoms with Gasteiger partial charge < -0.3 is 32.1 Å². The Kier molecular flexibility index (Phi) is 6.96. The molecular weight excluding hydrogens is 474 g/mol. The zero-order chi connectivity index (χ0) is 26.5. The van der Waals surface area contributed by atoms with E-state index in [0.717, 1.165) is 11.4 Å². The lowest BCUT2D eigenvalue weighted by Crippen LogP contribution is -2.14. The number of nitrogens with one attached hydrogen (secondary N) is 4. The summed E-state index contributed by atoms with van der Waals surface area (Å²) in [7, 11) is 0. The van der Waals surface area contributed by atoms with Crippen molar-refractivity contribution in [3.8, 4) is 0 Å². The number of azo groups is 1. The van der Waals surface area contributed by atoms with E-state index in [1.54, 1.807) is 42.5 Å². The van der Waals surface area contributed by atoms with Gasteiger partial charge in [0.25, 0.3) is 11.8 Å². The third-order valence-corrected chi connectivity index (χ3v) is 5.23. The number of hydrogen-bond acceptors (Lipinski definition) is 8. The number of carbonyl (C=O) groups excluding carboxylic acids is 3. The van der Waals surface area contributed by atoms with Gasteiger partial charge in [0, 0.05) is 22.5 Å². The van der Waals surface area contributed by atoms with Crippen LogP contribution in [0.25, 0.3) is 0 Å². The van der Waals surface area contributed by atoms with Gasteiger partial charge in [0.2, 0.25) is 5.91 Å². The molecule has 0 atom stereocenters. The van der Waals surface area contributed by atoms with Gasteiger partial charge in [-0.15, -0.1) is 5.11 Å². The Labute approximate surface area is 211 Å². The number of nitrogens with two attached hydrogens (primary N) is 1. The maximum absolute atomic E-state index is 12.7.